The highest BCUT2D eigenvalue weighted by Gasteiger charge is 2.28. The first kappa shape index (κ1) is 13.3. The van der Waals surface area contributed by atoms with E-state index >= 15 is 0 Å². The summed E-state index contributed by atoms with van der Waals surface area (Å²) in [7, 11) is 1.95. The second-order valence-corrected chi connectivity index (χ2v) is 5.74. The van der Waals surface area contributed by atoms with E-state index in [9.17, 15) is 0 Å². The highest BCUT2D eigenvalue weighted by Crippen LogP contribution is 2.29. The summed E-state index contributed by atoms with van der Waals surface area (Å²) in [6, 6.07) is 9.02. The van der Waals surface area contributed by atoms with Crippen molar-refractivity contribution in [1.82, 2.24) is 14.7 Å². The molecule has 0 fully saturated rings. The maximum absolute atomic E-state index is 6.25. The summed E-state index contributed by atoms with van der Waals surface area (Å²) in [4.78, 5) is 2.48. The van der Waals surface area contributed by atoms with Crippen LogP contribution in [0.5, 0.6) is 0 Å². The predicted molar refractivity (Wildman–Crippen MR) is 80.2 cm³/mol. The van der Waals surface area contributed by atoms with Gasteiger partial charge in [0.15, 0.2) is 0 Å². The summed E-state index contributed by atoms with van der Waals surface area (Å²) in [5, 5.41) is 4.29. The van der Waals surface area contributed by atoms with E-state index in [1.54, 1.807) is 0 Å². The molecule has 0 spiro atoms. The average molecular weight is 270 g/mol. The van der Waals surface area contributed by atoms with E-state index in [1.165, 1.54) is 16.7 Å². The third-order valence-electron chi connectivity index (χ3n) is 4.12. The van der Waals surface area contributed by atoms with Gasteiger partial charge in [-0.2, -0.15) is 5.10 Å². The minimum Gasteiger partial charge on any atom is -0.326 e. The van der Waals surface area contributed by atoms with Crippen LogP contribution in [0.1, 0.15) is 29.7 Å². The minimum atomic E-state index is 0.0875. The molecular formula is C16H22N4. The van der Waals surface area contributed by atoms with Crippen molar-refractivity contribution in [3.8, 4) is 0 Å². The van der Waals surface area contributed by atoms with Gasteiger partial charge in [-0.15, -0.1) is 0 Å². The molecule has 1 aromatic carbocycles. The zero-order valence-corrected chi connectivity index (χ0v) is 12.2. The Morgan fingerprint density at radius 3 is 2.65 bits per heavy atom. The zero-order valence-electron chi connectivity index (χ0n) is 12.2. The van der Waals surface area contributed by atoms with Crippen molar-refractivity contribution >= 4 is 0 Å². The van der Waals surface area contributed by atoms with E-state index in [2.05, 4.69) is 47.4 Å². The summed E-state index contributed by atoms with van der Waals surface area (Å²) in [5.74, 6) is 0. The molecule has 2 heterocycles. The number of nitrogens with two attached hydrogens (primary N) is 1. The number of fused-ring (bicyclic) bond motifs is 1. The lowest BCUT2D eigenvalue weighted by atomic mass is 9.95. The van der Waals surface area contributed by atoms with Crippen LogP contribution in [0.15, 0.2) is 36.7 Å². The summed E-state index contributed by atoms with van der Waals surface area (Å²) in [5.41, 5.74) is 10.4. The largest absolute Gasteiger partial charge is 0.326 e. The maximum atomic E-state index is 6.25. The van der Waals surface area contributed by atoms with E-state index in [0.29, 0.717) is 0 Å². The molecule has 4 heteroatoms. The molecular weight excluding hydrogens is 248 g/mol. The van der Waals surface area contributed by atoms with Crippen molar-refractivity contribution < 1.29 is 0 Å². The van der Waals surface area contributed by atoms with Gasteiger partial charge in [0.25, 0.3) is 0 Å². The minimum absolute atomic E-state index is 0.0875. The maximum Gasteiger partial charge on any atom is 0.0538 e. The Labute approximate surface area is 120 Å². The second kappa shape index (κ2) is 5.38. The number of benzene rings is 1. The molecule has 106 valence electrons. The molecule has 1 aliphatic heterocycles. The van der Waals surface area contributed by atoms with Gasteiger partial charge in [-0.3, -0.25) is 9.58 Å². The number of hydrogen-bond donors (Lipinski definition) is 1. The summed E-state index contributed by atoms with van der Waals surface area (Å²) in [6.07, 6.45) is 5.11. The first-order valence-corrected chi connectivity index (χ1v) is 7.20. The molecule has 0 amide bonds. The van der Waals surface area contributed by atoms with Crippen LogP contribution in [0.3, 0.4) is 0 Å². The molecule has 2 N–H and O–H groups in total. The van der Waals surface area contributed by atoms with Crippen LogP contribution in [0.2, 0.25) is 0 Å². The van der Waals surface area contributed by atoms with Crippen LogP contribution in [0.4, 0.5) is 0 Å². The highest BCUT2D eigenvalue weighted by atomic mass is 15.3. The SMILES string of the molecule is CC(N)C(c1cnn(C)c1)N1CCc2ccccc2C1. The molecule has 2 atom stereocenters. The normalized spacial score (nSPS) is 18.6. The Bertz CT molecular complexity index is 588. The summed E-state index contributed by atoms with van der Waals surface area (Å²) in [6.45, 7) is 4.10. The Kier molecular flexibility index (Phi) is 3.59. The van der Waals surface area contributed by atoms with Crippen molar-refractivity contribution in [3.05, 3.63) is 53.3 Å². The van der Waals surface area contributed by atoms with Crippen LogP contribution in [0.25, 0.3) is 0 Å². The molecule has 0 saturated carbocycles. The fourth-order valence-electron chi connectivity index (χ4n) is 3.19. The first-order valence-electron chi connectivity index (χ1n) is 7.20. The number of nitrogens with zero attached hydrogens (tertiary/aromatic N) is 3. The van der Waals surface area contributed by atoms with Crippen molar-refractivity contribution in [1.29, 1.82) is 0 Å². The molecule has 0 aliphatic carbocycles. The summed E-state index contributed by atoms with van der Waals surface area (Å²) >= 11 is 0. The Morgan fingerprint density at radius 2 is 2.00 bits per heavy atom. The topological polar surface area (TPSA) is 47.1 Å². The van der Waals surface area contributed by atoms with E-state index in [4.69, 9.17) is 5.73 Å². The molecule has 0 bridgehead atoms. The lowest BCUT2D eigenvalue weighted by Crippen LogP contribution is -2.42. The van der Waals surface area contributed by atoms with Crippen LogP contribution in [-0.4, -0.2) is 27.3 Å². The van der Waals surface area contributed by atoms with Gasteiger partial charge in [0, 0.05) is 37.9 Å². The molecule has 2 unspecified atom stereocenters. The molecule has 0 radical (unpaired) electrons. The smallest absolute Gasteiger partial charge is 0.0538 e. The quantitative estimate of drug-likeness (QED) is 0.926. The fraction of sp³-hybridized carbons (Fsp3) is 0.438. The molecule has 1 aliphatic rings. The van der Waals surface area contributed by atoms with Gasteiger partial charge in [0.05, 0.1) is 12.2 Å². The molecule has 2 aromatic rings. The fourth-order valence-corrected chi connectivity index (χ4v) is 3.19. The van der Waals surface area contributed by atoms with Gasteiger partial charge in [0.2, 0.25) is 0 Å². The molecule has 0 saturated heterocycles. The lowest BCUT2D eigenvalue weighted by Gasteiger charge is -2.37. The Balaban J connectivity index is 1.87. The van der Waals surface area contributed by atoms with Crippen molar-refractivity contribution in [2.24, 2.45) is 12.8 Å². The average Bonchev–Trinajstić information content (AvgIpc) is 2.85. The third kappa shape index (κ3) is 2.49. The van der Waals surface area contributed by atoms with Crippen LogP contribution in [-0.2, 0) is 20.0 Å². The molecule has 4 nitrogen and oxygen atoms in total. The van der Waals surface area contributed by atoms with E-state index in [-0.39, 0.29) is 12.1 Å². The van der Waals surface area contributed by atoms with Crippen LogP contribution < -0.4 is 5.73 Å². The Hall–Kier alpha value is -1.65. The monoisotopic (exact) mass is 270 g/mol. The predicted octanol–water partition coefficient (Wildman–Crippen LogP) is 1.87. The number of rotatable bonds is 3. The van der Waals surface area contributed by atoms with Gasteiger partial charge in [-0.05, 0) is 24.5 Å². The number of aromatic nitrogens is 2. The zero-order chi connectivity index (χ0) is 14.1. The van der Waals surface area contributed by atoms with Gasteiger partial charge in [-0.25, -0.2) is 0 Å². The Morgan fingerprint density at radius 1 is 1.25 bits per heavy atom. The number of aryl methyl sites for hydroxylation is 1. The van der Waals surface area contributed by atoms with E-state index in [0.717, 1.165) is 19.5 Å². The van der Waals surface area contributed by atoms with Gasteiger partial charge in [-0.1, -0.05) is 24.3 Å². The highest BCUT2D eigenvalue weighted by molar-refractivity contribution is 5.30. The van der Waals surface area contributed by atoms with Crippen molar-refractivity contribution in [2.45, 2.75) is 32.0 Å². The van der Waals surface area contributed by atoms with Crippen LogP contribution in [0, 0.1) is 0 Å². The van der Waals surface area contributed by atoms with Crippen molar-refractivity contribution in [2.75, 3.05) is 6.54 Å². The molecule has 20 heavy (non-hydrogen) atoms. The molecule has 3 rings (SSSR count). The second-order valence-electron chi connectivity index (χ2n) is 5.74. The number of hydrogen-bond acceptors (Lipinski definition) is 3. The third-order valence-corrected chi connectivity index (χ3v) is 4.12. The van der Waals surface area contributed by atoms with E-state index < -0.39 is 0 Å². The van der Waals surface area contributed by atoms with Gasteiger partial charge < -0.3 is 5.73 Å². The lowest BCUT2D eigenvalue weighted by molar-refractivity contribution is 0.159. The van der Waals surface area contributed by atoms with Gasteiger partial charge in [0.1, 0.15) is 0 Å². The standard InChI is InChI=1S/C16H22N4/c1-12(17)16(15-9-18-19(2)10-15)20-8-7-13-5-3-4-6-14(13)11-20/h3-6,9-10,12,16H,7-8,11,17H2,1-2H3. The molecule has 1 aromatic heterocycles. The van der Waals surface area contributed by atoms with E-state index in [1.807, 2.05) is 17.9 Å². The van der Waals surface area contributed by atoms with Crippen molar-refractivity contribution in [3.63, 3.8) is 0 Å². The van der Waals surface area contributed by atoms with Crippen LogP contribution >= 0.6 is 0 Å². The first-order chi connectivity index (χ1) is 9.65. The van der Waals surface area contributed by atoms with Gasteiger partial charge >= 0.3 is 0 Å². The summed E-state index contributed by atoms with van der Waals surface area (Å²) < 4.78 is 1.85.